The minimum Gasteiger partial charge on any atom is -0.444 e. The van der Waals surface area contributed by atoms with Gasteiger partial charge in [0.2, 0.25) is 0 Å². The molecule has 0 saturated heterocycles. The Labute approximate surface area is 146 Å². The topological polar surface area (TPSA) is 50.4 Å². The van der Waals surface area contributed by atoms with Gasteiger partial charge in [-0.05, 0) is 55.6 Å². The highest BCUT2D eigenvalue weighted by Gasteiger charge is 2.27. The molecule has 0 atom stereocenters. The first-order valence-electron chi connectivity index (χ1n) is 7.64. The van der Waals surface area contributed by atoms with Crippen molar-refractivity contribution < 1.29 is 9.53 Å². The first-order valence-corrected chi connectivity index (χ1v) is 9.32. The zero-order chi connectivity index (χ0) is 16.8. The number of ether oxygens (including phenoxy) is 1. The Kier molecular flexibility index (Phi) is 7.35. The number of carbonyl (C=O) groups excluding carboxylic acids is 1. The summed E-state index contributed by atoms with van der Waals surface area (Å²) in [4.78, 5) is 13.1. The Morgan fingerprint density at radius 2 is 1.95 bits per heavy atom. The zero-order valence-electron chi connectivity index (χ0n) is 14.1. The number of nitrogens with one attached hydrogen (secondary N) is 2. The van der Waals surface area contributed by atoms with Crippen molar-refractivity contribution in [2.45, 2.75) is 65.1 Å². The average Bonchev–Trinajstić information content (AvgIpc) is 2.84. The van der Waals surface area contributed by atoms with Crippen molar-refractivity contribution in [1.29, 1.82) is 0 Å². The van der Waals surface area contributed by atoms with Crippen LogP contribution in [-0.4, -0.2) is 23.8 Å². The molecule has 0 aliphatic carbocycles. The number of carbonyl (C=O) groups is 1. The van der Waals surface area contributed by atoms with Crippen LogP contribution in [0.1, 0.15) is 52.3 Å². The van der Waals surface area contributed by atoms with E-state index in [4.69, 9.17) is 4.74 Å². The van der Waals surface area contributed by atoms with Crippen LogP contribution in [0, 0.1) is 0 Å². The largest absolute Gasteiger partial charge is 0.444 e. The molecule has 0 aromatic carbocycles. The van der Waals surface area contributed by atoms with Crippen molar-refractivity contribution in [3.8, 4) is 0 Å². The highest BCUT2D eigenvalue weighted by atomic mass is 79.9. The minimum absolute atomic E-state index is 0.118. The summed E-state index contributed by atoms with van der Waals surface area (Å²) in [5.41, 5.74) is -0.588. The SMILES string of the molecule is CCC(CC)(CNC(=O)OC(C)(C)C)NCc1cc(Br)cs1. The van der Waals surface area contributed by atoms with Gasteiger partial charge in [-0.1, -0.05) is 13.8 Å². The monoisotopic (exact) mass is 390 g/mol. The summed E-state index contributed by atoms with van der Waals surface area (Å²) in [5.74, 6) is 0. The van der Waals surface area contributed by atoms with Crippen molar-refractivity contribution in [1.82, 2.24) is 10.6 Å². The molecule has 0 aliphatic rings. The number of amides is 1. The second kappa shape index (κ2) is 8.31. The fourth-order valence-electron chi connectivity index (χ4n) is 2.09. The molecule has 22 heavy (non-hydrogen) atoms. The van der Waals surface area contributed by atoms with E-state index < -0.39 is 5.60 Å². The van der Waals surface area contributed by atoms with Crippen LogP contribution in [0.3, 0.4) is 0 Å². The van der Waals surface area contributed by atoms with Gasteiger partial charge < -0.3 is 15.4 Å². The van der Waals surface area contributed by atoms with Crippen molar-refractivity contribution in [2.24, 2.45) is 0 Å². The highest BCUT2D eigenvalue weighted by Crippen LogP contribution is 2.22. The van der Waals surface area contributed by atoms with Gasteiger partial charge in [0.05, 0.1) is 0 Å². The fourth-order valence-corrected chi connectivity index (χ4v) is 3.48. The molecule has 1 aromatic rings. The van der Waals surface area contributed by atoms with Gasteiger partial charge in [-0.2, -0.15) is 0 Å². The predicted octanol–water partition coefficient (Wildman–Crippen LogP) is 4.68. The Balaban J connectivity index is 2.56. The van der Waals surface area contributed by atoms with Crippen LogP contribution in [0.25, 0.3) is 0 Å². The summed E-state index contributed by atoms with van der Waals surface area (Å²) in [5, 5.41) is 8.57. The summed E-state index contributed by atoms with van der Waals surface area (Å²) in [6.45, 7) is 11.2. The van der Waals surface area contributed by atoms with Crippen LogP contribution in [0.2, 0.25) is 0 Å². The normalized spacial score (nSPS) is 12.3. The number of hydrogen-bond donors (Lipinski definition) is 2. The summed E-state index contributed by atoms with van der Waals surface area (Å²) < 4.78 is 6.42. The number of rotatable bonds is 7. The van der Waals surface area contributed by atoms with E-state index in [0.717, 1.165) is 23.9 Å². The van der Waals surface area contributed by atoms with Gasteiger partial charge in [-0.25, -0.2) is 4.79 Å². The second-order valence-corrected chi connectivity index (χ2v) is 8.34. The van der Waals surface area contributed by atoms with E-state index in [2.05, 4.69) is 51.9 Å². The van der Waals surface area contributed by atoms with Gasteiger partial charge in [0.1, 0.15) is 5.60 Å². The van der Waals surface area contributed by atoms with E-state index in [-0.39, 0.29) is 11.6 Å². The first kappa shape index (κ1) is 19.5. The molecule has 0 unspecified atom stereocenters. The molecule has 6 heteroatoms. The molecule has 126 valence electrons. The molecule has 2 N–H and O–H groups in total. The lowest BCUT2D eigenvalue weighted by molar-refractivity contribution is 0.0507. The Morgan fingerprint density at radius 1 is 1.32 bits per heavy atom. The van der Waals surface area contributed by atoms with Crippen LogP contribution in [-0.2, 0) is 11.3 Å². The molecule has 1 heterocycles. The standard InChI is InChI=1S/C16H27BrN2O2S/c1-6-16(7-2,11-18-14(20)21-15(3,4)5)19-9-13-8-12(17)10-22-13/h8,10,19H,6-7,9,11H2,1-5H3,(H,18,20). The second-order valence-electron chi connectivity index (χ2n) is 6.43. The quantitative estimate of drug-likeness (QED) is 0.709. The molecular weight excluding hydrogens is 364 g/mol. The van der Waals surface area contributed by atoms with Gasteiger partial charge >= 0.3 is 6.09 Å². The molecular formula is C16H27BrN2O2S. The van der Waals surface area contributed by atoms with E-state index in [1.807, 2.05) is 20.8 Å². The third kappa shape index (κ3) is 6.67. The number of hydrogen-bond acceptors (Lipinski definition) is 4. The third-order valence-electron chi connectivity index (χ3n) is 3.58. The van der Waals surface area contributed by atoms with Crippen LogP contribution in [0.5, 0.6) is 0 Å². The fraction of sp³-hybridized carbons (Fsp3) is 0.688. The summed E-state index contributed by atoms with van der Waals surface area (Å²) >= 11 is 5.20. The molecule has 0 fully saturated rings. The third-order valence-corrected chi connectivity index (χ3v) is 5.28. The molecule has 0 bridgehead atoms. The number of alkyl carbamates (subject to hydrolysis) is 1. The van der Waals surface area contributed by atoms with Crippen molar-refractivity contribution in [2.75, 3.05) is 6.54 Å². The molecule has 1 rings (SSSR count). The molecule has 1 amide bonds. The van der Waals surface area contributed by atoms with Crippen molar-refractivity contribution >= 4 is 33.4 Å². The van der Waals surface area contributed by atoms with Crippen LogP contribution >= 0.6 is 27.3 Å². The Bertz CT molecular complexity index is 479. The lowest BCUT2D eigenvalue weighted by Crippen LogP contribution is -2.53. The van der Waals surface area contributed by atoms with E-state index in [1.165, 1.54) is 4.88 Å². The lowest BCUT2D eigenvalue weighted by atomic mass is 9.92. The lowest BCUT2D eigenvalue weighted by Gasteiger charge is -2.33. The van der Waals surface area contributed by atoms with E-state index in [0.29, 0.717) is 6.54 Å². The van der Waals surface area contributed by atoms with Crippen LogP contribution in [0.15, 0.2) is 15.9 Å². The molecule has 0 saturated carbocycles. The molecule has 0 aliphatic heterocycles. The zero-order valence-corrected chi connectivity index (χ0v) is 16.5. The molecule has 0 spiro atoms. The van der Waals surface area contributed by atoms with E-state index in [9.17, 15) is 4.79 Å². The summed E-state index contributed by atoms with van der Waals surface area (Å²) in [6.07, 6.45) is 1.51. The van der Waals surface area contributed by atoms with Gasteiger partial charge in [-0.3, -0.25) is 0 Å². The maximum absolute atomic E-state index is 11.8. The van der Waals surface area contributed by atoms with Crippen molar-refractivity contribution in [3.63, 3.8) is 0 Å². The van der Waals surface area contributed by atoms with Crippen LogP contribution in [0.4, 0.5) is 4.79 Å². The molecule has 1 aromatic heterocycles. The first-order chi connectivity index (χ1) is 10.2. The summed E-state index contributed by atoms with van der Waals surface area (Å²) in [6, 6.07) is 2.12. The predicted molar refractivity (Wildman–Crippen MR) is 96.4 cm³/mol. The number of halogens is 1. The minimum atomic E-state index is -0.470. The molecule has 4 nitrogen and oxygen atoms in total. The van der Waals surface area contributed by atoms with Gasteiger partial charge in [0.25, 0.3) is 0 Å². The van der Waals surface area contributed by atoms with Gasteiger partial charge in [-0.15, -0.1) is 11.3 Å². The average molecular weight is 391 g/mol. The maximum Gasteiger partial charge on any atom is 0.407 e. The Morgan fingerprint density at radius 3 is 2.41 bits per heavy atom. The van der Waals surface area contributed by atoms with E-state index in [1.54, 1.807) is 11.3 Å². The maximum atomic E-state index is 11.8. The van der Waals surface area contributed by atoms with Crippen molar-refractivity contribution in [3.05, 3.63) is 20.8 Å². The smallest absolute Gasteiger partial charge is 0.407 e. The molecule has 0 radical (unpaired) electrons. The van der Waals surface area contributed by atoms with Gasteiger partial charge in [0, 0.05) is 33.4 Å². The highest BCUT2D eigenvalue weighted by molar-refractivity contribution is 9.10. The Hall–Kier alpha value is -0.590. The summed E-state index contributed by atoms with van der Waals surface area (Å²) in [7, 11) is 0. The number of thiophene rings is 1. The van der Waals surface area contributed by atoms with Gasteiger partial charge in [0.15, 0.2) is 0 Å². The van der Waals surface area contributed by atoms with Crippen LogP contribution < -0.4 is 10.6 Å². The van der Waals surface area contributed by atoms with E-state index >= 15 is 0 Å².